The Morgan fingerprint density at radius 2 is 1.76 bits per heavy atom. The summed E-state index contributed by atoms with van der Waals surface area (Å²) in [4.78, 5) is 27.7. The van der Waals surface area contributed by atoms with Crippen LogP contribution < -0.4 is 10.1 Å². The molecule has 2 atom stereocenters. The van der Waals surface area contributed by atoms with Crippen molar-refractivity contribution in [3.8, 4) is 5.75 Å². The third-order valence-electron chi connectivity index (χ3n) is 5.57. The van der Waals surface area contributed by atoms with Crippen molar-refractivity contribution < 1.29 is 14.3 Å². The molecule has 0 spiro atoms. The molecule has 7 heteroatoms. The number of nitrogens with one attached hydrogen (secondary N) is 1. The number of carbonyl (C=O) groups excluding carboxylic acids is 2. The van der Waals surface area contributed by atoms with Gasteiger partial charge in [-0.1, -0.05) is 75.2 Å². The maximum atomic E-state index is 13.3. The summed E-state index contributed by atoms with van der Waals surface area (Å²) < 4.78 is 5.95. The van der Waals surface area contributed by atoms with Gasteiger partial charge in [-0.05, 0) is 55.0 Å². The largest absolute Gasteiger partial charge is 0.483 e. The number of rotatable bonds is 9. The van der Waals surface area contributed by atoms with Crippen molar-refractivity contribution in [1.29, 1.82) is 0 Å². The number of ether oxygens (including phenoxy) is 1. The molecule has 2 rings (SSSR count). The van der Waals surface area contributed by atoms with E-state index in [4.69, 9.17) is 27.9 Å². The Labute approximate surface area is 207 Å². The van der Waals surface area contributed by atoms with Crippen LogP contribution in [0.15, 0.2) is 42.5 Å². The SMILES string of the molecule is CCC(C)NC(=O)C(C)N(Cc1ccc(Cl)cc1Cl)C(=O)COc1ccccc1C(C)(C)C. The number of hydrogen-bond donors (Lipinski definition) is 1. The lowest BCUT2D eigenvalue weighted by atomic mass is 9.86. The van der Waals surface area contributed by atoms with Crippen molar-refractivity contribution >= 4 is 35.0 Å². The van der Waals surface area contributed by atoms with Crippen LogP contribution in [0.4, 0.5) is 0 Å². The van der Waals surface area contributed by atoms with Crippen molar-refractivity contribution in [2.24, 2.45) is 0 Å². The summed E-state index contributed by atoms with van der Waals surface area (Å²) in [6, 6.07) is 12.1. The van der Waals surface area contributed by atoms with Gasteiger partial charge in [0, 0.05) is 22.6 Å². The zero-order chi connectivity index (χ0) is 24.8. The summed E-state index contributed by atoms with van der Waals surface area (Å²) in [5, 5.41) is 3.89. The van der Waals surface area contributed by atoms with Crippen molar-refractivity contribution in [1.82, 2.24) is 10.2 Å². The Balaban J connectivity index is 2.27. The average molecular weight is 493 g/mol. The van der Waals surface area contributed by atoms with E-state index >= 15 is 0 Å². The molecule has 1 N–H and O–H groups in total. The van der Waals surface area contributed by atoms with Crippen molar-refractivity contribution in [3.05, 3.63) is 63.6 Å². The molecular weight excluding hydrogens is 459 g/mol. The number of para-hydroxylation sites is 1. The fourth-order valence-corrected chi connectivity index (χ4v) is 3.78. The molecule has 180 valence electrons. The maximum absolute atomic E-state index is 13.3. The van der Waals surface area contributed by atoms with Gasteiger partial charge in [-0.25, -0.2) is 0 Å². The van der Waals surface area contributed by atoms with Crippen molar-refractivity contribution in [3.63, 3.8) is 0 Å². The molecule has 0 radical (unpaired) electrons. The summed E-state index contributed by atoms with van der Waals surface area (Å²) >= 11 is 12.4. The van der Waals surface area contributed by atoms with Crippen LogP contribution in [0, 0.1) is 0 Å². The zero-order valence-electron chi connectivity index (χ0n) is 20.2. The minimum Gasteiger partial charge on any atom is -0.483 e. The number of nitrogens with zero attached hydrogens (tertiary/aromatic N) is 1. The summed E-state index contributed by atoms with van der Waals surface area (Å²) in [5.74, 6) is 0.119. The summed E-state index contributed by atoms with van der Waals surface area (Å²) in [5.41, 5.74) is 1.57. The van der Waals surface area contributed by atoms with Gasteiger partial charge in [-0.3, -0.25) is 9.59 Å². The van der Waals surface area contributed by atoms with E-state index in [0.717, 1.165) is 12.0 Å². The van der Waals surface area contributed by atoms with Crippen LogP contribution >= 0.6 is 23.2 Å². The van der Waals surface area contributed by atoms with Gasteiger partial charge >= 0.3 is 0 Å². The minimum absolute atomic E-state index is 0.00549. The van der Waals surface area contributed by atoms with Gasteiger partial charge in [0.15, 0.2) is 6.61 Å². The number of benzene rings is 2. The minimum atomic E-state index is -0.709. The van der Waals surface area contributed by atoms with E-state index in [9.17, 15) is 9.59 Å². The molecule has 33 heavy (non-hydrogen) atoms. The normalized spacial score (nSPS) is 13.2. The predicted molar refractivity (Wildman–Crippen MR) is 135 cm³/mol. The molecule has 5 nitrogen and oxygen atoms in total. The number of amides is 2. The fraction of sp³-hybridized carbons (Fsp3) is 0.462. The van der Waals surface area contributed by atoms with Crippen molar-refractivity contribution in [2.75, 3.05) is 6.61 Å². The molecule has 2 unspecified atom stereocenters. The number of carbonyl (C=O) groups is 2. The molecule has 2 amide bonds. The maximum Gasteiger partial charge on any atom is 0.261 e. The highest BCUT2D eigenvalue weighted by atomic mass is 35.5. The highest BCUT2D eigenvalue weighted by Gasteiger charge is 2.28. The Hall–Kier alpha value is -2.24. The van der Waals surface area contributed by atoms with E-state index < -0.39 is 6.04 Å². The van der Waals surface area contributed by atoms with E-state index in [-0.39, 0.29) is 36.4 Å². The summed E-state index contributed by atoms with van der Waals surface area (Å²) in [6.45, 7) is 11.9. The molecule has 2 aromatic rings. The third kappa shape index (κ3) is 7.65. The summed E-state index contributed by atoms with van der Waals surface area (Å²) in [7, 11) is 0. The van der Waals surface area contributed by atoms with E-state index in [0.29, 0.717) is 21.4 Å². The molecule has 0 aromatic heterocycles. The van der Waals surface area contributed by atoms with Crippen LogP contribution in [0.5, 0.6) is 5.75 Å². The Kier molecular flexibility index (Phi) is 9.62. The predicted octanol–water partition coefficient (Wildman–Crippen LogP) is 6.00. The molecule has 0 aliphatic heterocycles. The Bertz CT molecular complexity index is 972. The monoisotopic (exact) mass is 492 g/mol. The lowest BCUT2D eigenvalue weighted by Crippen LogP contribution is -2.50. The molecule has 0 heterocycles. The van der Waals surface area contributed by atoms with E-state index in [1.807, 2.05) is 38.1 Å². The zero-order valence-corrected chi connectivity index (χ0v) is 21.8. The molecule has 0 bridgehead atoms. The standard InChI is InChI=1S/C26H34Cl2N2O3/c1-7-17(2)29-25(32)18(3)30(15-19-12-13-20(27)14-22(19)28)24(31)16-33-23-11-9-8-10-21(23)26(4,5)6/h8-14,17-18H,7,15-16H2,1-6H3,(H,29,32). The lowest BCUT2D eigenvalue weighted by molar-refractivity contribution is -0.142. The first-order valence-electron chi connectivity index (χ1n) is 11.2. The van der Waals surface area contributed by atoms with E-state index in [2.05, 4.69) is 26.1 Å². The topological polar surface area (TPSA) is 58.6 Å². The second-order valence-corrected chi connectivity index (χ2v) is 10.1. The molecule has 0 saturated heterocycles. The quantitative estimate of drug-likeness (QED) is 0.466. The van der Waals surface area contributed by atoms with Gasteiger partial charge < -0.3 is 15.0 Å². The highest BCUT2D eigenvalue weighted by molar-refractivity contribution is 6.35. The Morgan fingerprint density at radius 3 is 2.36 bits per heavy atom. The van der Waals surface area contributed by atoms with Crippen LogP contribution in [-0.4, -0.2) is 35.4 Å². The summed E-state index contributed by atoms with van der Waals surface area (Å²) in [6.07, 6.45) is 0.794. The fourth-order valence-electron chi connectivity index (χ4n) is 3.32. The first-order valence-corrected chi connectivity index (χ1v) is 12.0. The molecule has 2 aromatic carbocycles. The van der Waals surface area contributed by atoms with Crippen molar-refractivity contribution in [2.45, 2.75) is 72.0 Å². The molecule has 0 aliphatic carbocycles. The third-order valence-corrected chi connectivity index (χ3v) is 6.16. The number of hydrogen-bond acceptors (Lipinski definition) is 3. The second kappa shape index (κ2) is 11.8. The van der Waals surface area contributed by atoms with Gasteiger partial charge in [0.2, 0.25) is 5.91 Å². The van der Waals surface area contributed by atoms with Crippen LogP contribution in [-0.2, 0) is 21.5 Å². The van der Waals surface area contributed by atoms with Gasteiger partial charge in [0.05, 0.1) is 0 Å². The van der Waals surface area contributed by atoms with Gasteiger partial charge in [0.1, 0.15) is 11.8 Å². The van der Waals surface area contributed by atoms with E-state index in [1.54, 1.807) is 25.1 Å². The second-order valence-electron chi connectivity index (χ2n) is 9.29. The van der Waals surface area contributed by atoms with Crippen LogP contribution in [0.3, 0.4) is 0 Å². The van der Waals surface area contributed by atoms with Gasteiger partial charge in [-0.15, -0.1) is 0 Å². The molecule has 0 saturated carbocycles. The van der Waals surface area contributed by atoms with Crippen LogP contribution in [0.2, 0.25) is 10.0 Å². The average Bonchev–Trinajstić information content (AvgIpc) is 2.75. The van der Waals surface area contributed by atoms with Gasteiger partial charge in [-0.2, -0.15) is 0 Å². The smallest absolute Gasteiger partial charge is 0.261 e. The van der Waals surface area contributed by atoms with Gasteiger partial charge in [0.25, 0.3) is 5.91 Å². The van der Waals surface area contributed by atoms with E-state index in [1.165, 1.54) is 4.90 Å². The molecule has 0 fully saturated rings. The van der Waals surface area contributed by atoms with Crippen LogP contribution in [0.25, 0.3) is 0 Å². The lowest BCUT2D eigenvalue weighted by Gasteiger charge is -2.30. The highest BCUT2D eigenvalue weighted by Crippen LogP contribution is 2.31. The number of halogens is 2. The van der Waals surface area contributed by atoms with Crippen LogP contribution in [0.1, 0.15) is 59.1 Å². The first kappa shape index (κ1) is 27.0. The first-order chi connectivity index (χ1) is 15.4. The Morgan fingerprint density at radius 1 is 1.09 bits per heavy atom. The molecular formula is C26H34Cl2N2O3. The molecule has 0 aliphatic rings.